The highest BCUT2D eigenvalue weighted by Crippen LogP contribution is 2.23. The molecule has 3 heterocycles. The maximum Gasteiger partial charge on any atom is 0.223 e. The molecule has 0 aromatic carbocycles. The van der Waals surface area contributed by atoms with E-state index < -0.39 is 0 Å². The third kappa shape index (κ3) is 2.98. The van der Waals surface area contributed by atoms with Gasteiger partial charge in [-0.15, -0.1) is 0 Å². The summed E-state index contributed by atoms with van der Waals surface area (Å²) in [5, 5.41) is 3.98. The molecule has 0 bridgehead atoms. The summed E-state index contributed by atoms with van der Waals surface area (Å²) in [5.41, 5.74) is 0. The van der Waals surface area contributed by atoms with E-state index in [-0.39, 0.29) is 0 Å². The first kappa shape index (κ1) is 13.1. The van der Waals surface area contributed by atoms with Crippen LogP contribution in [-0.4, -0.2) is 58.2 Å². The van der Waals surface area contributed by atoms with Crippen LogP contribution in [0, 0.1) is 6.92 Å². The van der Waals surface area contributed by atoms with Gasteiger partial charge in [0.1, 0.15) is 0 Å². The Morgan fingerprint density at radius 1 is 1.32 bits per heavy atom. The first-order valence-electron chi connectivity index (χ1n) is 7.49. The van der Waals surface area contributed by atoms with Gasteiger partial charge in [-0.05, 0) is 26.3 Å². The minimum absolute atomic E-state index is 0.641. The lowest BCUT2D eigenvalue weighted by atomic mass is 9.97. The van der Waals surface area contributed by atoms with Gasteiger partial charge in [-0.1, -0.05) is 11.6 Å². The van der Waals surface area contributed by atoms with E-state index in [0.717, 1.165) is 24.8 Å². The third-order valence-electron chi connectivity index (χ3n) is 4.51. The number of piperidine rings is 1. The van der Waals surface area contributed by atoms with E-state index in [9.17, 15) is 0 Å². The van der Waals surface area contributed by atoms with Crippen molar-refractivity contribution in [1.82, 2.24) is 19.9 Å². The van der Waals surface area contributed by atoms with E-state index in [1.54, 1.807) is 0 Å². The molecule has 2 fully saturated rings. The second-order valence-electron chi connectivity index (χ2n) is 5.97. The summed E-state index contributed by atoms with van der Waals surface area (Å²) in [6, 6.07) is 1.42. The van der Waals surface area contributed by atoms with Crippen molar-refractivity contribution in [1.29, 1.82) is 0 Å². The zero-order valence-electron chi connectivity index (χ0n) is 12.0. The Bertz CT molecular complexity index is 419. The predicted molar refractivity (Wildman–Crippen MR) is 73.0 cm³/mol. The van der Waals surface area contributed by atoms with Crippen molar-refractivity contribution in [3.05, 3.63) is 11.7 Å². The number of hydrogen-bond acceptors (Lipinski definition) is 5. The van der Waals surface area contributed by atoms with Crippen LogP contribution in [0.3, 0.4) is 0 Å². The van der Waals surface area contributed by atoms with Gasteiger partial charge in [0.15, 0.2) is 5.82 Å². The first-order valence-corrected chi connectivity index (χ1v) is 7.49. The molecule has 0 saturated carbocycles. The van der Waals surface area contributed by atoms with E-state index in [0.29, 0.717) is 11.9 Å². The van der Waals surface area contributed by atoms with Crippen molar-refractivity contribution in [2.45, 2.75) is 51.6 Å². The molecule has 0 aliphatic carbocycles. The highest BCUT2D eigenvalue weighted by molar-refractivity contribution is 4.91. The van der Waals surface area contributed by atoms with Gasteiger partial charge in [-0.25, -0.2) is 0 Å². The number of piperazine rings is 1. The molecule has 5 nitrogen and oxygen atoms in total. The Morgan fingerprint density at radius 2 is 2.21 bits per heavy atom. The Labute approximate surface area is 115 Å². The van der Waals surface area contributed by atoms with Crippen LogP contribution in [-0.2, 0) is 6.42 Å². The van der Waals surface area contributed by atoms with Crippen molar-refractivity contribution < 1.29 is 4.52 Å². The van der Waals surface area contributed by atoms with Gasteiger partial charge in [-0.3, -0.25) is 9.80 Å². The van der Waals surface area contributed by atoms with E-state index in [2.05, 4.69) is 26.9 Å². The maximum atomic E-state index is 5.03. The second kappa shape index (κ2) is 5.59. The van der Waals surface area contributed by atoms with Gasteiger partial charge in [-0.2, -0.15) is 4.98 Å². The molecule has 19 heavy (non-hydrogen) atoms. The summed E-state index contributed by atoms with van der Waals surface area (Å²) >= 11 is 0. The van der Waals surface area contributed by atoms with E-state index in [1.165, 1.54) is 38.9 Å². The largest absolute Gasteiger partial charge is 0.340 e. The summed E-state index contributed by atoms with van der Waals surface area (Å²) in [4.78, 5) is 9.57. The van der Waals surface area contributed by atoms with Crippen LogP contribution in [0.15, 0.2) is 4.52 Å². The molecule has 5 heteroatoms. The average Bonchev–Trinajstić information content (AvgIpc) is 2.82. The summed E-state index contributed by atoms with van der Waals surface area (Å²) in [6.07, 6.45) is 5.04. The molecule has 0 spiro atoms. The third-order valence-corrected chi connectivity index (χ3v) is 4.51. The van der Waals surface area contributed by atoms with Crippen molar-refractivity contribution in [3.8, 4) is 0 Å². The number of rotatable bonds is 3. The van der Waals surface area contributed by atoms with Crippen LogP contribution in [0.2, 0.25) is 0 Å². The summed E-state index contributed by atoms with van der Waals surface area (Å²) in [6.45, 7) is 8.96. The van der Waals surface area contributed by atoms with Crippen LogP contribution in [0.1, 0.15) is 37.9 Å². The summed E-state index contributed by atoms with van der Waals surface area (Å²) in [5.74, 6) is 1.51. The molecule has 2 aliphatic heterocycles. The molecule has 3 rings (SSSR count). The molecule has 2 saturated heterocycles. The summed E-state index contributed by atoms with van der Waals surface area (Å²) in [7, 11) is 0. The van der Waals surface area contributed by atoms with Crippen LogP contribution in [0.4, 0.5) is 0 Å². The fourth-order valence-electron chi connectivity index (χ4n) is 3.41. The molecule has 1 aromatic rings. The normalized spacial score (nSPS) is 29.4. The second-order valence-corrected chi connectivity index (χ2v) is 5.97. The number of aryl methyl sites for hydroxylation is 1. The molecular weight excluding hydrogens is 240 g/mol. The maximum absolute atomic E-state index is 5.03. The molecule has 106 valence electrons. The van der Waals surface area contributed by atoms with E-state index in [1.807, 2.05) is 6.92 Å². The van der Waals surface area contributed by atoms with Crippen molar-refractivity contribution in [2.24, 2.45) is 0 Å². The average molecular weight is 264 g/mol. The van der Waals surface area contributed by atoms with Crippen molar-refractivity contribution >= 4 is 0 Å². The highest BCUT2D eigenvalue weighted by Gasteiger charge is 2.32. The standard InChI is InChI=1S/C14H24N4O/c1-11-9-18-7-4-3-5-13(18)10-17(11)8-6-14-15-12(2)19-16-14/h11,13H,3-10H2,1-2H3. The Hall–Kier alpha value is -0.940. The van der Waals surface area contributed by atoms with Crippen molar-refractivity contribution in [2.75, 3.05) is 26.2 Å². The van der Waals surface area contributed by atoms with Crippen LogP contribution < -0.4 is 0 Å². The fraction of sp³-hybridized carbons (Fsp3) is 0.857. The van der Waals surface area contributed by atoms with Gasteiger partial charge in [0, 0.05) is 45.1 Å². The SMILES string of the molecule is Cc1nc(CCN2CC3CCCCN3CC2C)no1. The van der Waals surface area contributed by atoms with Gasteiger partial charge in [0.05, 0.1) is 0 Å². The predicted octanol–water partition coefficient (Wildman–Crippen LogP) is 1.48. The van der Waals surface area contributed by atoms with Crippen molar-refractivity contribution in [3.63, 3.8) is 0 Å². The molecule has 0 amide bonds. The highest BCUT2D eigenvalue weighted by atomic mass is 16.5. The minimum atomic E-state index is 0.641. The number of nitrogens with zero attached hydrogens (tertiary/aromatic N) is 4. The Morgan fingerprint density at radius 3 is 3.00 bits per heavy atom. The molecule has 2 atom stereocenters. The lowest BCUT2D eigenvalue weighted by molar-refractivity contribution is 0.0157. The van der Waals surface area contributed by atoms with Gasteiger partial charge >= 0.3 is 0 Å². The van der Waals surface area contributed by atoms with Crippen LogP contribution >= 0.6 is 0 Å². The molecule has 1 aromatic heterocycles. The molecular formula is C14H24N4O. The quantitative estimate of drug-likeness (QED) is 0.827. The van der Waals surface area contributed by atoms with Crippen LogP contribution in [0.5, 0.6) is 0 Å². The number of aromatic nitrogens is 2. The monoisotopic (exact) mass is 264 g/mol. The van der Waals surface area contributed by atoms with E-state index in [4.69, 9.17) is 4.52 Å². The molecule has 2 unspecified atom stereocenters. The lowest BCUT2D eigenvalue weighted by Gasteiger charge is -2.47. The zero-order valence-corrected chi connectivity index (χ0v) is 12.0. The van der Waals surface area contributed by atoms with E-state index >= 15 is 0 Å². The molecule has 0 radical (unpaired) electrons. The number of hydrogen-bond donors (Lipinski definition) is 0. The van der Waals surface area contributed by atoms with Crippen LogP contribution in [0.25, 0.3) is 0 Å². The topological polar surface area (TPSA) is 45.4 Å². The summed E-state index contributed by atoms with van der Waals surface area (Å²) < 4.78 is 5.03. The smallest absolute Gasteiger partial charge is 0.223 e. The Kier molecular flexibility index (Phi) is 3.84. The number of fused-ring (bicyclic) bond motifs is 1. The zero-order chi connectivity index (χ0) is 13.2. The van der Waals surface area contributed by atoms with Gasteiger partial charge < -0.3 is 4.52 Å². The fourth-order valence-corrected chi connectivity index (χ4v) is 3.41. The van der Waals surface area contributed by atoms with Gasteiger partial charge in [0.25, 0.3) is 0 Å². The Balaban J connectivity index is 1.55. The lowest BCUT2D eigenvalue weighted by Crippen LogP contribution is -2.58. The van der Waals surface area contributed by atoms with Gasteiger partial charge in [0.2, 0.25) is 5.89 Å². The molecule has 2 aliphatic rings. The minimum Gasteiger partial charge on any atom is -0.340 e. The molecule has 0 N–H and O–H groups in total. The first-order chi connectivity index (χ1) is 9.22.